The minimum atomic E-state index is 0.0548. The van der Waals surface area contributed by atoms with E-state index < -0.39 is 0 Å². The molecule has 0 aromatic carbocycles. The van der Waals surface area contributed by atoms with Crippen LogP contribution in [-0.2, 0) is 18.4 Å². The molecule has 5 rings (SSSR count). The molecule has 1 aromatic rings. The fraction of sp³-hybridized carbons (Fsp3) is 0.714. The number of pyridine rings is 1. The topological polar surface area (TPSA) is 45.5 Å². The molecule has 3 heterocycles. The summed E-state index contributed by atoms with van der Waals surface area (Å²) in [6, 6.07) is 3.79. The van der Waals surface area contributed by atoms with E-state index in [1.807, 2.05) is 12.3 Å². The Labute approximate surface area is 155 Å². The van der Waals surface area contributed by atoms with Crippen molar-refractivity contribution in [2.24, 2.45) is 29.7 Å². The van der Waals surface area contributed by atoms with Gasteiger partial charge < -0.3 is 9.47 Å². The van der Waals surface area contributed by atoms with Crippen LogP contribution in [-0.4, -0.2) is 46.5 Å². The van der Waals surface area contributed by atoms with Gasteiger partial charge >= 0.3 is 0 Å². The fourth-order valence-electron chi connectivity index (χ4n) is 5.80. The normalized spacial score (nSPS) is 34.8. The van der Waals surface area contributed by atoms with Crippen LogP contribution in [0.5, 0.6) is 0 Å². The van der Waals surface area contributed by atoms with Gasteiger partial charge in [-0.1, -0.05) is 13.3 Å². The summed E-state index contributed by atoms with van der Waals surface area (Å²) < 4.78 is 1.61. The highest BCUT2D eigenvalue weighted by molar-refractivity contribution is 5.83. The number of hydrogen-bond donors (Lipinski definition) is 0. The molecule has 2 saturated heterocycles. The van der Waals surface area contributed by atoms with Crippen LogP contribution in [0.3, 0.4) is 0 Å². The third-order valence-electron chi connectivity index (χ3n) is 7.77. The number of aryl methyl sites for hydroxylation is 1. The van der Waals surface area contributed by atoms with Gasteiger partial charge in [-0.3, -0.25) is 14.5 Å². The lowest BCUT2D eigenvalue weighted by molar-refractivity contribution is -0.133. The molecule has 1 amide bonds. The Morgan fingerprint density at radius 1 is 1.27 bits per heavy atom. The predicted molar refractivity (Wildman–Crippen MR) is 99.5 cm³/mol. The summed E-state index contributed by atoms with van der Waals surface area (Å²) in [5.74, 6) is 1.35. The third kappa shape index (κ3) is 2.47. The van der Waals surface area contributed by atoms with E-state index >= 15 is 0 Å². The molecule has 0 bridgehead atoms. The molecule has 0 radical (unpaired) electrons. The van der Waals surface area contributed by atoms with E-state index in [4.69, 9.17) is 0 Å². The first-order valence-electron chi connectivity index (χ1n) is 10.1. The van der Waals surface area contributed by atoms with Crippen molar-refractivity contribution < 1.29 is 4.79 Å². The van der Waals surface area contributed by atoms with Crippen molar-refractivity contribution in [3.8, 4) is 0 Å². The molecule has 5 heteroatoms. The second kappa shape index (κ2) is 5.44. The Hall–Kier alpha value is -1.62. The van der Waals surface area contributed by atoms with E-state index in [0.29, 0.717) is 23.2 Å². The SMILES string of the molecule is Cn1ccc(CN2C[C@@H]3CN(C(=O)C4CC45CCC5)C[C@]3(C)C2)cc1=O. The molecule has 140 valence electrons. The second-order valence-corrected chi connectivity index (χ2v) is 9.70. The molecule has 5 nitrogen and oxygen atoms in total. The van der Waals surface area contributed by atoms with Crippen molar-refractivity contribution in [3.63, 3.8) is 0 Å². The van der Waals surface area contributed by atoms with Crippen molar-refractivity contribution in [2.75, 3.05) is 26.2 Å². The van der Waals surface area contributed by atoms with E-state index in [0.717, 1.165) is 44.7 Å². The van der Waals surface area contributed by atoms with Crippen molar-refractivity contribution >= 4 is 5.91 Å². The Kier molecular flexibility index (Phi) is 3.46. The van der Waals surface area contributed by atoms with E-state index in [2.05, 4.69) is 16.7 Å². The second-order valence-electron chi connectivity index (χ2n) is 9.70. The van der Waals surface area contributed by atoms with Crippen LogP contribution in [0.25, 0.3) is 0 Å². The average molecular weight is 355 g/mol. The number of aromatic nitrogens is 1. The Morgan fingerprint density at radius 3 is 2.69 bits per heavy atom. The fourth-order valence-corrected chi connectivity index (χ4v) is 5.80. The van der Waals surface area contributed by atoms with Gasteiger partial charge in [0.25, 0.3) is 5.56 Å². The van der Waals surface area contributed by atoms with Crippen molar-refractivity contribution in [3.05, 3.63) is 34.2 Å². The molecule has 2 saturated carbocycles. The molecule has 4 aliphatic rings. The Balaban J connectivity index is 1.22. The van der Waals surface area contributed by atoms with Crippen LogP contribution in [0.1, 0.15) is 38.2 Å². The van der Waals surface area contributed by atoms with Crippen molar-refractivity contribution in [1.29, 1.82) is 0 Å². The Bertz CT molecular complexity index is 812. The van der Waals surface area contributed by atoms with Crippen LogP contribution in [0.15, 0.2) is 23.1 Å². The summed E-state index contributed by atoms with van der Waals surface area (Å²) in [5.41, 5.74) is 1.78. The summed E-state index contributed by atoms with van der Waals surface area (Å²) in [6.45, 7) is 7.08. The van der Waals surface area contributed by atoms with Crippen LogP contribution in [0.2, 0.25) is 0 Å². The minimum Gasteiger partial charge on any atom is -0.341 e. The maximum atomic E-state index is 12.9. The molecule has 0 N–H and O–H groups in total. The number of carbonyl (C=O) groups is 1. The van der Waals surface area contributed by atoms with E-state index in [1.54, 1.807) is 17.7 Å². The zero-order valence-corrected chi connectivity index (χ0v) is 15.9. The van der Waals surface area contributed by atoms with Gasteiger partial charge in [0.1, 0.15) is 0 Å². The van der Waals surface area contributed by atoms with Gasteiger partial charge in [0.05, 0.1) is 0 Å². The number of fused-ring (bicyclic) bond motifs is 1. The molecular weight excluding hydrogens is 326 g/mol. The first-order chi connectivity index (χ1) is 12.4. The van der Waals surface area contributed by atoms with Crippen LogP contribution >= 0.6 is 0 Å². The molecule has 2 aliphatic carbocycles. The first kappa shape index (κ1) is 16.5. The lowest BCUT2D eigenvalue weighted by Crippen LogP contribution is -2.37. The number of carbonyl (C=O) groups excluding carboxylic acids is 1. The summed E-state index contributed by atoms with van der Waals surface area (Å²) >= 11 is 0. The number of hydrogen-bond acceptors (Lipinski definition) is 3. The third-order valence-corrected chi connectivity index (χ3v) is 7.77. The summed E-state index contributed by atoms with van der Waals surface area (Å²) in [5, 5.41) is 0. The molecule has 4 fully saturated rings. The van der Waals surface area contributed by atoms with Gasteiger partial charge in [-0.15, -0.1) is 0 Å². The molecule has 1 unspecified atom stereocenters. The zero-order valence-electron chi connectivity index (χ0n) is 15.9. The van der Waals surface area contributed by atoms with Gasteiger partial charge in [0.2, 0.25) is 5.91 Å². The number of amides is 1. The smallest absolute Gasteiger partial charge is 0.250 e. The number of nitrogens with zero attached hydrogens (tertiary/aromatic N) is 3. The minimum absolute atomic E-state index is 0.0548. The lowest BCUT2D eigenvalue weighted by atomic mass is 9.79. The van der Waals surface area contributed by atoms with Crippen LogP contribution in [0, 0.1) is 22.7 Å². The van der Waals surface area contributed by atoms with E-state index in [-0.39, 0.29) is 11.0 Å². The standard InChI is InChI=1S/C21H29N3O2/c1-20-13-23(10-15-4-7-22(2)18(25)8-15)11-16(20)12-24(14-20)19(26)17-9-21(17)5-3-6-21/h4,7-8,16-17H,3,5-6,9-14H2,1-2H3/t16-,17?,20+/m1/s1. The Morgan fingerprint density at radius 2 is 2.08 bits per heavy atom. The van der Waals surface area contributed by atoms with Gasteiger partial charge in [-0.25, -0.2) is 0 Å². The highest BCUT2D eigenvalue weighted by atomic mass is 16.2. The predicted octanol–water partition coefficient (Wildman–Crippen LogP) is 1.86. The zero-order chi connectivity index (χ0) is 18.1. The van der Waals surface area contributed by atoms with Crippen molar-refractivity contribution in [2.45, 2.75) is 39.2 Å². The summed E-state index contributed by atoms with van der Waals surface area (Å²) in [4.78, 5) is 29.4. The van der Waals surface area contributed by atoms with E-state index in [9.17, 15) is 9.59 Å². The highest BCUT2D eigenvalue weighted by Crippen LogP contribution is 2.66. The largest absolute Gasteiger partial charge is 0.341 e. The number of rotatable bonds is 3. The molecular formula is C21H29N3O2. The molecule has 1 spiro atoms. The number of likely N-dealkylation sites (tertiary alicyclic amines) is 2. The van der Waals surface area contributed by atoms with Gasteiger partial charge in [-0.2, -0.15) is 0 Å². The van der Waals surface area contributed by atoms with Crippen LogP contribution < -0.4 is 5.56 Å². The van der Waals surface area contributed by atoms with Gasteiger partial charge in [0, 0.05) is 63.4 Å². The van der Waals surface area contributed by atoms with Crippen molar-refractivity contribution in [1.82, 2.24) is 14.4 Å². The van der Waals surface area contributed by atoms with Gasteiger partial charge in [-0.05, 0) is 42.2 Å². The quantitative estimate of drug-likeness (QED) is 0.831. The molecule has 3 atom stereocenters. The molecule has 26 heavy (non-hydrogen) atoms. The summed E-state index contributed by atoms with van der Waals surface area (Å²) in [6.07, 6.45) is 6.88. The molecule has 1 aromatic heterocycles. The summed E-state index contributed by atoms with van der Waals surface area (Å²) in [7, 11) is 1.78. The van der Waals surface area contributed by atoms with E-state index in [1.165, 1.54) is 19.3 Å². The van der Waals surface area contributed by atoms with Crippen LogP contribution in [0.4, 0.5) is 0 Å². The maximum Gasteiger partial charge on any atom is 0.250 e. The average Bonchev–Trinajstić information content (AvgIpc) is 3.15. The highest BCUT2D eigenvalue weighted by Gasteiger charge is 2.63. The first-order valence-corrected chi connectivity index (χ1v) is 10.1. The maximum absolute atomic E-state index is 12.9. The molecule has 2 aliphatic heterocycles. The monoisotopic (exact) mass is 355 g/mol. The van der Waals surface area contributed by atoms with Gasteiger partial charge in [0.15, 0.2) is 0 Å². The lowest BCUT2D eigenvalue weighted by Gasteiger charge is -2.29.